The predicted molar refractivity (Wildman–Crippen MR) is 81.6 cm³/mol. The Kier molecular flexibility index (Phi) is 7.66. The molecule has 0 radical (unpaired) electrons. The molecule has 0 aromatic carbocycles. The molecular formula is C14H28N4O3. The lowest BCUT2D eigenvalue weighted by molar-refractivity contribution is -0.125. The molecule has 1 unspecified atom stereocenters. The van der Waals surface area contributed by atoms with Crippen LogP contribution < -0.4 is 10.1 Å². The molecule has 1 aromatic heterocycles. The summed E-state index contributed by atoms with van der Waals surface area (Å²) in [6.07, 6.45) is 1.33. The third-order valence-corrected chi connectivity index (χ3v) is 3.28. The minimum atomic E-state index is -0.409. The summed E-state index contributed by atoms with van der Waals surface area (Å²) >= 11 is 0. The molecule has 0 aliphatic carbocycles. The van der Waals surface area contributed by atoms with Crippen LogP contribution in [0.2, 0.25) is 0 Å². The first-order valence-corrected chi connectivity index (χ1v) is 7.12. The fourth-order valence-corrected chi connectivity index (χ4v) is 2.23. The van der Waals surface area contributed by atoms with Crippen LogP contribution in [0.15, 0.2) is 6.20 Å². The van der Waals surface area contributed by atoms with Crippen molar-refractivity contribution >= 4 is 0 Å². The van der Waals surface area contributed by atoms with Crippen molar-refractivity contribution in [1.82, 2.24) is 20.0 Å². The van der Waals surface area contributed by atoms with Gasteiger partial charge in [-0.1, -0.05) is 6.92 Å². The second-order valence-corrected chi connectivity index (χ2v) is 5.00. The molecular weight excluding hydrogens is 272 g/mol. The number of ether oxygens (including phenoxy) is 3. The Morgan fingerprint density at radius 2 is 1.95 bits per heavy atom. The molecule has 7 nitrogen and oxygen atoms in total. The molecule has 1 heterocycles. The first-order valence-electron chi connectivity index (χ1n) is 7.12. The van der Waals surface area contributed by atoms with E-state index in [1.807, 2.05) is 25.7 Å². The van der Waals surface area contributed by atoms with Crippen LogP contribution in [0.3, 0.4) is 0 Å². The largest absolute Gasteiger partial charge is 0.493 e. The number of likely N-dealkylation sites (N-methyl/N-ethyl adjacent to an activating group) is 2. The maximum absolute atomic E-state index is 5.45. The Balaban J connectivity index is 3.10. The number of aromatic nitrogens is 2. The molecule has 0 fully saturated rings. The molecule has 122 valence electrons. The molecule has 0 aliphatic heterocycles. The van der Waals surface area contributed by atoms with E-state index in [9.17, 15) is 0 Å². The van der Waals surface area contributed by atoms with Crippen molar-refractivity contribution in [2.75, 3.05) is 48.5 Å². The number of nitrogens with zero attached hydrogens (tertiary/aromatic N) is 3. The Morgan fingerprint density at radius 3 is 2.43 bits per heavy atom. The fraction of sp³-hybridized carbons (Fsp3) is 0.786. The SMILES string of the molecule is CCNC(c1c(OC)cnn1CCN(C)C)C(OC)OC. The zero-order valence-corrected chi connectivity index (χ0v) is 13.9. The molecule has 0 aliphatic rings. The number of hydrogen-bond donors (Lipinski definition) is 1. The zero-order chi connectivity index (χ0) is 15.8. The average Bonchev–Trinajstić information content (AvgIpc) is 2.88. The van der Waals surface area contributed by atoms with Gasteiger partial charge in [0, 0.05) is 20.8 Å². The van der Waals surface area contributed by atoms with Crippen LogP contribution in [0.4, 0.5) is 0 Å². The lowest BCUT2D eigenvalue weighted by Gasteiger charge is -2.27. The highest BCUT2D eigenvalue weighted by atomic mass is 16.7. The molecule has 7 heteroatoms. The van der Waals surface area contributed by atoms with E-state index in [0.717, 1.165) is 31.1 Å². The van der Waals surface area contributed by atoms with Crippen LogP contribution >= 0.6 is 0 Å². The van der Waals surface area contributed by atoms with Crippen LogP contribution in [0.25, 0.3) is 0 Å². The minimum Gasteiger partial charge on any atom is -0.493 e. The van der Waals surface area contributed by atoms with E-state index in [4.69, 9.17) is 14.2 Å². The van der Waals surface area contributed by atoms with Gasteiger partial charge in [0.05, 0.1) is 19.9 Å². The second-order valence-electron chi connectivity index (χ2n) is 5.00. The molecule has 1 rings (SSSR count). The number of methoxy groups -OCH3 is 3. The summed E-state index contributed by atoms with van der Waals surface area (Å²) in [7, 11) is 8.98. The highest BCUT2D eigenvalue weighted by Crippen LogP contribution is 2.28. The van der Waals surface area contributed by atoms with E-state index in [2.05, 4.69) is 15.3 Å². The van der Waals surface area contributed by atoms with E-state index in [1.165, 1.54) is 0 Å². The standard InChI is InChI=1S/C14H28N4O3/c1-7-15-12(14(20-5)21-6)13-11(19-4)10-16-18(13)9-8-17(2)3/h10,12,14-15H,7-9H2,1-6H3. The number of nitrogens with one attached hydrogen (secondary N) is 1. The molecule has 0 amide bonds. The summed E-state index contributed by atoms with van der Waals surface area (Å²) in [6.45, 7) is 4.49. The molecule has 0 bridgehead atoms. The third kappa shape index (κ3) is 4.67. The maximum atomic E-state index is 5.45. The summed E-state index contributed by atoms with van der Waals surface area (Å²) < 4.78 is 18.2. The fourth-order valence-electron chi connectivity index (χ4n) is 2.23. The van der Waals surface area contributed by atoms with Crippen LogP contribution in [-0.2, 0) is 16.0 Å². The molecule has 1 aromatic rings. The summed E-state index contributed by atoms with van der Waals surface area (Å²) in [5.41, 5.74) is 0.940. The molecule has 21 heavy (non-hydrogen) atoms. The Bertz CT molecular complexity index is 405. The van der Waals surface area contributed by atoms with Gasteiger partial charge >= 0.3 is 0 Å². The first kappa shape index (κ1) is 17.9. The molecule has 0 spiro atoms. The van der Waals surface area contributed by atoms with E-state index in [1.54, 1.807) is 27.5 Å². The Hall–Kier alpha value is -1.15. The predicted octanol–water partition coefficient (Wildman–Crippen LogP) is 0.723. The van der Waals surface area contributed by atoms with Crippen molar-refractivity contribution < 1.29 is 14.2 Å². The summed E-state index contributed by atoms with van der Waals surface area (Å²) in [5, 5.41) is 7.81. The van der Waals surface area contributed by atoms with Gasteiger partial charge in [0.15, 0.2) is 12.0 Å². The zero-order valence-electron chi connectivity index (χ0n) is 13.9. The van der Waals surface area contributed by atoms with Crippen molar-refractivity contribution in [3.8, 4) is 5.75 Å². The maximum Gasteiger partial charge on any atom is 0.177 e. The van der Waals surface area contributed by atoms with Gasteiger partial charge in [-0.3, -0.25) is 4.68 Å². The third-order valence-electron chi connectivity index (χ3n) is 3.28. The summed E-state index contributed by atoms with van der Waals surface area (Å²) in [4.78, 5) is 2.12. The van der Waals surface area contributed by atoms with Gasteiger partial charge in [0.2, 0.25) is 0 Å². The van der Waals surface area contributed by atoms with E-state index in [-0.39, 0.29) is 6.04 Å². The van der Waals surface area contributed by atoms with Crippen LogP contribution in [0.5, 0.6) is 5.75 Å². The Labute approximate surface area is 127 Å². The van der Waals surface area contributed by atoms with E-state index in [0.29, 0.717) is 0 Å². The van der Waals surface area contributed by atoms with Gasteiger partial charge in [0.25, 0.3) is 0 Å². The lowest BCUT2D eigenvalue weighted by Crippen LogP contribution is -2.37. The molecule has 1 atom stereocenters. The van der Waals surface area contributed by atoms with E-state index >= 15 is 0 Å². The second kappa shape index (κ2) is 8.99. The van der Waals surface area contributed by atoms with Crippen molar-refractivity contribution in [2.24, 2.45) is 0 Å². The van der Waals surface area contributed by atoms with Gasteiger partial charge in [0.1, 0.15) is 11.7 Å². The van der Waals surface area contributed by atoms with Gasteiger partial charge < -0.3 is 24.4 Å². The molecule has 1 N–H and O–H groups in total. The monoisotopic (exact) mass is 300 g/mol. The summed E-state index contributed by atoms with van der Waals surface area (Å²) in [6, 6.07) is -0.149. The smallest absolute Gasteiger partial charge is 0.177 e. The van der Waals surface area contributed by atoms with E-state index < -0.39 is 6.29 Å². The molecule has 0 saturated heterocycles. The van der Waals surface area contributed by atoms with Gasteiger partial charge in [-0.15, -0.1) is 0 Å². The van der Waals surface area contributed by atoms with Gasteiger partial charge in [-0.05, 0) is 20.6 Å². The highest BCUT2D eigenvalue weighted by molar-refractivity contribution is 5.29. The number of rotatable bonds is 10. The minimum absolute atomic E-state index is 0.149. The average molecular weight is 300 g/mol. The normalized spacial score (nSPS) is 13.1. The van der Waals surface area contributed by atoms with Crippen LogP contribution in [-0.4, -0.2) is 69.5 Å². The summed E-state index contributed by atoms with van der Waals surface area (Å²) in [5.74, 6) is 0.735. The number of hydrogen-bond acceptors (Lipinski definition) is 6. The lowest BCUT2D eigenvalue weighted by atomic mass is 10.1. The topological polar surface area (TPSA) is 60.8 Å². The first-order chi connectivity index (χ1) is 10.1. The highest BCUT2D eigenvalue weighted by Gasteiger charge is 2.29. The Morgan fingerprint density at radius 1 is 1.29 bits per heavy atom. The van der Waals surface area contributed by atoms with Gasteiger partial charge in [-0.25, -0.2) is 0 Å². The van der Waals surface area contributed by atoms with Crippen LogP contribution in [0, 0.1) is 0 Å². The van der Waals surface area contributed by atoms with Crippen molar-refractivity contribution in [3.05, 3.63) is 11.9 Å². The quantitative estimate of drug-likeness (QED) is 0.643. The van der Waals surface area contributed by atoms with Gasteiger partial charge in [-0.2, -0.15) is 5.10 Å². The van der Waals surface area contributed by atoms with Crippen molar-refractivity contribution in [3.63, 3.8) is 0 Å². The van der Waals surface area contributed by atoms with Crippen molar-refractivity contribution in [1.29, 1.82) is 0 Å². The van der Waals surface area contributed by atoms with Crippen LogP contribution in [0.1, 0.15) is 18.7 Å². The molecule has 0 saturated carbocycles. The van der Waals surface area contributed by atoms with Crippen molar-refractivity contribution in [2.45, 2.75) is 25.8 Å².